The predicted molar refractivity (Wildman–Crippen MR) is 104 cm³/mol. The van der Waals surface area contributed by atoms with Crippen molar-refractivity contribution < 1.29 is 4.79 Å². The van der Waals surface area contributed by atoms with Crippen molar-refractivity contribution >= 4 is 16.9 Å². The molecule has 4 rings (SSSR count). The van der Waals surface area contributed by atoms with Gasteiger partial charge in [-0.15, -0.1) is 0 Å². The largest absolute Gasteiger partial charge is 0.348 e. The summed E-state index contributed by atoms with van der Waals surface area (Å²) in [7, 11) is 1.77. The first-order chi connectivity index (χ1) is 13.0. The minimum atomic E-state index is -0.158. The van der Waals surface area contributed by atoms with Crippen molar-refractivity contribution in [3.63, 3.8) is 0 Å². The van der Waals surface area contributed by atoms with E-state index in [-0.39, 0.29) is 11.5 Å². The first-order valence-electron chi connectivity index (χ1n) is 9.12. The first kappa shape index (κ1) is 17.5. The molecule has 0 aliphatic carbocycles. The maximum Gasteiger partial charge on any atom is 0.273 e. The van der Waals surface area contributed by atoms with E-state index in [1.54, 1.807) is 11.7 Å². The van der Waals surface area contributed by atoms with Gasteiger partial charge in [-0.05, 0) is 55.1 Å². The summed E-state index contributed by atoms with van der Waals surface area (Å²) in [6, 6.07) is 5.86. The topological polar surface area (TPSA) is 91.8 Å². The SMILES string of the molecule is Cc1nc2c(c(C)c1CNC(=O)c1cccc3c1CCNC3)c(=O)[nH]n2C. The van der Waals surface area contributed by atoms with Crippen LogP contribution in [0.1, 0.15) is 38.3 Å². The summed E-state index contributed by atoms with van der Waals surface area (Å²) in [4.78, 5) is 29.6. The Morgan fingerprint density at radius 1 is 1.33 bits per heavy atom. The van der Waals surface area contributed by atoms with Crippen molar-refractivity contribution in [2.45, 2.75) is 33.4 Å². The van der Waals surface area contributed by atoms with E-state index in [4.69, 9.17) is 0 Å². The molecule has 0 saturated carbocycles. The fraction of sp³-hybridized carbons (Fsp3) is 0.350. The predicted octanol–water partition coefficient (Wildman–Crippen LogP) is 1.45. The molecule has 1 aromatic carbocycles. The van der Waals surface area contributed by atoms with Crippen molar-refractivity contribution in [1.29, 1.82) is 0 Å². The molecule has 2 aromatic heterocycles. The highest BCUT2D eigenvalue weighted by Gasteiger charge is 2.19. The fourth-order valence-electron chi connectivity index (χ4n) is 3.92. The zero-order valence-electron chi connectivity index (χ0n) is 15.8. The number of carbonyl (C=O) groups is 1. The van der Waals surface area contributed by atoms with E-state index in [0.29, 0.717) is 17.6 Å². The molecule has 0 unspecified atom stereocenters. The standard InChI is InChI=1S/C20H23N5O2/c1-11-16(12(2)23-18-17(11)20(27)24-25(18)3)10-22-19(26)15-6-4-5-13-9-21-8-7-14(13)15/h4-6,21H,7-10H2,1-3H3,(H,22,26)(H,24,27). The van der Waals surface area contributed by atoms with Crippen molar-refractivity contribution in [3.8, 4) is 0 Å². The van der Waals surface area contributed by atoms with E-state index in [0.717, 1.165) is 47.5 Å². The van der Waals surface area contributed by atoms with Gasteiger partial charge in [0.1, 0.15) is 0 Å². The highest BCUT2D eigenvalue weighted by atomic mass is 16.1. The smallest absolute Gasteiger partial charge is 0.273 e. The molecule has 140 valence electrons. The lowest BCUT2D eigenvalue weighted by Crippen LogP contribution is -2.29. The average molecular weight is 365 g/mol. The molecule has 7 nitrogen and oxygen atoms in total. The van der Waals surface area contributed by atoms with Gasteiger partial charge in [-0.1, -0.05) is 12.1 Å². The Morgan fingerprint density at radius 2 is 2.15 bits per heavy atom. The van der Waals surface area contributed by atoms with E-state index < -0.39 is 0 Å². The molecule has 7 heteroatoms. The molecule has 27 heavy (non-hydrogen) atoms. The lowest BCUT2D eigenvalue weighted by molar-refractivity contribution is 0.0949. The molecule has 3 heterocycles. The van der Waals surface area contributed by atoms with Crippen LogP contribution in [0.15, 0.2) is 23.0 Å². The summed E-state index contributed by atoms with van der Waals surface area (Å²) in [5.41, 5.74) is 6.07. The zero-order valence-corrected chi connectivity index (χ0v) is 15.8. The quantitative estimate of drug-likeness (QED) is 0.655. The molecule has 1 aliphatic heterocycles. The Bertz CT molecular complexity index is 1110. The number of pyridine rings is 1. The van der Waals surface area contributed by atoms with Gasteiger partial charge in [-0.25, -0.2) is 4.98 Å². The lowest BCUT2D eigenvalue weighted by atomic mass is 9.95. The average Bonchev–Trinajstić information content (AvgIpc) is 2.94. The molecule has 0 bridgehead atoms. The molecule has 1 aliphatic rings. The molecule has 0 radical (unpaired) electrons. The van der Waals surface area contributed by atoms with Crippen LogP contribution in [0.3, 0.4) is 0 Å². The number of benzene rings is 1. The van der Waals surface area contributed by atoms with E-state index in [1.165, 1.54) is 5.56 Å². The Labute approximate surface area is 156 Å². The summed E-state index contributed by atoms with van der Waals surface area (Å²) in [6.07, 6.45) is 0.851. The molecule has 0 fully saturated rings. The van der Waals surface area contributed by atoms with Gasteiger partial charge in [-0.3, -0.25) is 19.4 Å². The van der Waals surface area contributed by atoms with E-state index >= 15 is 0 Å². The second kappa shape index (κ2) is 6.66. The third-order valence-corrected chi connectivity index (χ3v) is 5.39. The summed E-state index contributed by atoms with van der Waals surface area (Å²) in [5, 5.41) is 9.67. The van der Waals surface area contributed by atoms with E-state index in [1.807, 2.05) is 26.0 Å². The van der Waals surface area contributed by atoms with Gasteiger partial charge in [0, 0.05) is 31.4 Å². The number of aromatic nitrogens is 3. The number of nitrogens with one attached hydrogen (secondary N) is 3. The molecule has 3 aromatic rings. The van der Waals surface area contributed by atoms with Crippen molar-refractivity contribution in [1.82, 2.24) is 25.4 Å². The van der Waals surface area contributed by atoms with Crippen molar-refractivity contribution in [3.05, 3.63) is 62.1 Å². The Morgan fingerprint density at radius 3 is 2.96 bits per heavy atom. The minimum Gasteiger partial charge on any atom is -0.348 e. The van der Waals surface area contributed by atoms with Crippen LogP contribution in [0.2, 0.25) is 0 Å². The summed E-state index contributed by atoms with van der Waals surface area (Å²) >= 11 is 0. The number of nitrogens with zero attached hydrogens (tertiary/aromatic N) is 2. The van der Waals surface area contributed by atoms with Crippen LogP contribution in [0.4, 0.5) is 0 Å². The molecular weight excluding hydrogens is 342 g/mol. The van der Waals surface area contributed by atoms with Crippen LogP contribution >= 0.6 is 0 Å². The van der Waals surface area contributed by atoms with Gasteiger partial charge in [-0.2, -0.15) is 0 Å². The number of rotatable bonds is 3. The Hall–Kier alpha value is -2.93. The second-order valence-corrected chi connectivity index (χ2v) is 7.05. The zero-order chi connectivity index (χ0) is 19.1. The highest BCUT2D eigenvalue weighted by Crippen LogP contribution is 2.21. The number of fused-ring (bicyclic) bond motifs is 2. The van der Waals surface area contributed by atoms with Crippen LogP contribution in [0, 0.1) is 13.8 Å². The third kappa shape index (κ3) is 2.94. The fourth-order valence-corrected chi connectivity index (χ4v) is 3.92. The number of amides is 1. The van der Waals surface area contributed by atoms with Crippen LogP contribution in [-0.4, -0.2) is 27.2 Å². The first-order valence-corrected chi connectivity index (χ1v) is 9.12. The van der Waals surface area contributed by atoms with E-state index in [2.05, 4.69) is 26.8 Å². The van der Waals surface area contributed by atoms with Crippen LogP contribution in [0.5, 0.6) is 0 Å². The Balaban J connectivity index is 1.64. The van der Waals surface area contributed by atoms with Crippen LogP contribution in [0.25, 0.3) is 11.0 Å². The molecular formula is C20H23N5O2. The molecule has 1 amide bonds. The highest BCUT2D eigenvalue weighted by molar-refractivity contribution is 5.96. The van der Waals surface area contributed by atoms with Crippen LogP contribution < -0.4 is 16.2 Å². The van der Waals surface area contributed by atoms with Gasteiger partial charge in [0.2, 0.25) is 0 Å². The second-order valence-electron chi connectivity index (χ2n) is 7.05. The number of hydrogen-bond donors (Lipinski definition) is 3. The maximum atomic E-state index is 12.8. The summed E-state index contributed by atoms with van der Waals surface area (Å²) in [5.74, 6) is -0.0883. The number of aromatic amines is 1. The monoisotopic (exact) mass is 365 g/mol. The van der Waals surface area contributed by atoms with Crippen molar-refractivity contribution in [2.75, 3.05) is 6.54 Å². The van der Waals surface area contributed by atoms with E-state index in [9.17, 15) is 9.59 Å². The summed E-state index contributed by atoms with van der Waals surface area (Å²) < 4.78 is 1.63. The normalized spacial score (nSPS) is 13.6. The minimum absolute atomic E-state index is 0.0883. The number of hydrogen-bond acceptors (Lipinski definition) is 4. The molecule has 0 spiro atoms. The number of H-pyrrole nitrogens is 1. The maximum absolute atomic E-state index is 12.8. The molecule has 0 atom stereocenters. The third-order valence-electron chi connectivity index (χ3n) is 5.39. The van der Waals surface area contributed by atoms with Gasteiger partial charge in [0.15, 0.2) is 5.65 Å². The van der Waals surface area contributed by atoms with Gasteiger partial charge >= 0.3 is 0 Å². The summed E-state index contributed by atoms with van der Waals surface area (Å²) in [6.45, 7) is 5.83. The van der Waals surface area contributed by atoms with Crippen molar-refractivity contribution in [2.24, 2.45) is 7.05 Å². The molecule has 0 saturated heterocycles. The number of aryl methyl sites for hydroxylation is 3. The van der Waals surface area contributed by atoms with Crippen LogP contribution in [-0.2, 0) is 26.6 Å². The van der Waals surface area contributed by atoms with Gasteiger partial charge in [0.05, 0.1) is 5.39 Å². The Kier molecular flexibility index (Phi) is 4.31. The molecule has 3 N–H and O–H groups in total. The van der Waals surface area contributed by atoms with Gasteiger partial charge in [0.25, 0.3) is 11.5 Å². The van der Waals surface area contributed by atoms with Gasteiger partial charge < -0.3 is 10.6 Å². The number of carbonyl (C=O) groups excluding carboxylic acids is 1. The lowest BCUT2D eigenvalue weighted by Gasteiger charge is -2.20.